The molecule has 0 aromatic carbocycles. The predicted molar refractivity (Wildman–Crippen MR) is 77.9 cm³/mol. The van der Waals surface area contributed by atoms with Crippen LogP contribution < -0.4 is 5.32 Å². The minimum absolute atomic E-state index is 0.329. The Labute approximate surface area is 125 Å². The first-order valence-electron chi connectivity index (χ1n) is 8.35. The molecule has 5 heteroatoms. The highest BCUT2D eigenvalue weighted by molar-refractivity contribution is 5.12. The summed E-state index contributed by atoms with van der Waals surface area (Å²) in [5.41, 5.74) is -0.329. The fourth-order valence-electron chi connectivity index (χ4n) is 4.65. The number of hydrogen-bond acceptors (Lipinski definition) is 5. The average Bonchev–Trinajstić information content (AvgIpc) is 3.22. The molecule has 2 aliphatic heterocycles. The SMILES string of the molecule is COC1(c2noc(C3CC4CCC3N4)n2)CCCC(C)C1. The monoisotopic (exact) mass is 291 g/mol. The van der Waals surface area contributed by atoms with Crippen LogP contribution >= 0.6 is 0 Å². The molecule has 4 rings (SSSR count). The molecule has 3 fully saturated rings. The van der Waals surface area contributed by atoms with Gasteiger partial charge in [-0.1, -0.05) is 18.5 Å². The van der Waals surface area contributed by atoms with E-state index in [0.29, 0.717) is 23.9 Å². The lowest BCUT2D eigenvalue weighted by atomic mass is 9.78. The zero-order valence-corrected chi connectivity index (χ0v) is 13.0. The number of nitrogens with one attached hydrogen (secondary N) is 1. The topological polar surface area (TPSA) is 60.2 Å². The summed E-state index contributed by atoms with van der Waals surface area (Å²) in [6.45, 7) is 2.29. The zero-order chi connectivity index (χ0) is 14.4. The first-order valence-corrected chi connectivity index (χ1v) is 8.35. The summed E-state index contributed by atoms with van der Waals surface area (Å²) >= 11 is 0. The van der Waals surface area contributed by atoms with Gasteiger partial charge in [0.25, 0.3) is 0 Å². The maximum absolute atomic E-state index is 5.87. The van der Waals surface area contributed by atoms with E-state index in [4.69, 9.17) is 14.2 Å². The third kappa shape index (κ3) is 2.21. The van der Waals surface area contributed by atoms with Gasteiger partial charge in [0, 0.05) is 19.2 Å². The third-order valence-corrected chi connectivity index (χ3v) is 5.81. The van der Waals surface area contributed by atoms with Crippen molar-refractivity contribution in [3.05, 3.63) is 11.7 Å². The molecule has 5 atom stereocenters. The molecule has 1 N–H and O–H groups in total. The van der Waals surface area contributed by atoms with Gasteiger partial charge in [-0.15, -0.1) is 0 Å². The van der Waals surface area contributed by atoms with Crippen LogP contribution in [-0.4, -0.2) is 29.3 Å². The Morgan fingerprint density at radius 3 is 2.90 bits per heavy atom. The van der Waals surface area contributed by atoms with Gasteiger partial charge < -0.3 is 14.6 Å². The molecule has 3 aliphatic rings. The van der Waals surface area contributed by atoms with Crippen molar-refractivity contribution < 1.29 is 9.26 Å². The molecule has 0 amide bonds. The van der Waals surface area contributed by atoms with E-state index >= 15 is 0 Å². The lowest BCUT2D eigenvalue weighted by Gasteiger charge is -2.36. The number of hydrogen-bond donors (Lipinski definition) is 1. The van der Waals surface area contributed by atoms with Crippen LogP contribution in [0.2, 0.25) is 0 Å². The highest BCUT2D eigenvalue weighted by atomic mass is 16.5. The largest absolute Gasteiger partial charge is 0.370 e. The number of ether oxygens (including phenoxy) is 1. The van der Waals surface area contributed by atoms with Gasteiger partial charge in [-0.2, -0.15) is 4.98 Å². The van der Waals surface area contributed by atoms with Crippen molar-refractivity contribution in [3.63, 3.8) is 0 Å². The average molecular weight is 291 g/mol. The predicted octanol–water partition coefficient (Wildman–Crippen LogP) is 2.73. The molecular weight excluding hydrogens is 266 g/mol. The van der Waals surface area contributed by atoms with Gasteiger partial charge in [0.05, 0.1) is 5.92 Å². The molecule has 5 nitrogen and oxygen atoms in total. The highest BCUT2D eigenvalue weighted by Gasteiger charge is 2.45. The van der Waals surface area contributed by atoms with Crippen molar-refractivity contribution >= 4 is 0 Å². The van der Waals surface area contributed by atoms with Crippen molar-refractivity contribution in [2.45, 2.75) is 75.5 Å². The molecule has 2 bridgehead atoms. The van der Waals surface area contributed by atoms with Crippen molar-refractivity contribution in [2.75, 3.05) is 7.11 Å². The fourth-order valence-corrected chi connectivity index (χ4v) is 4.65. The third-order valence-electron chi connectivity index (χ3n) is 5.81. The molecule has 5 unspecified atom stereocenters. The lowest BCUT2D eigenvalue weighted by molar-refractivity contribution is -0.0658. The molecule has 1 aromatic heterocycles. The van der Waals surface area contributed by atoms with E-state index in [2.05, 4.69) is 17.4 Å². The summed E-state index contributed by atoms with van der Waals surface area (Å²) in [4.78, 5) is 4.77. The number of aromatic nitrogens is 2. The summed E-state index contributed by atoms with van der Waals surface area (Å²) < 4.78 is 11.5. The molecule has 2 saturated heterocycles. The van der Waals surface area contributed by atoms with Crippen LogP contribution in [0.25, 0.3) is 0 Å². The van der Waals surface area contributed by atoms with E-state index in [0.717, 1.165) is 31.0 Å². The number of rotatable bonds is 3. The van der Waals surface area contributed by atoms with E-state index in [9.17, 15) is 0 Å². The Kier molecular flexibility index (Phi) is 3.30. The zero-order valence-electron chi connectivity index (χ0n) is 13.0. The van der Waals surface area contributed by atoms with Crippen molar-refractivity contribution in [1.29, 1.82) is 0 Å². The van der Waals surface area contributed by atoms with Gasteiger partial charge in [-0.05, 0) is 44.4 Å². The van der Waals surface area contributed by atoms with Gasteiger partial charge in [-0.3, -0.25) is 0 Å². The van der Waals surface area contributed by atoms with Crippen molar-refractivity contribution in [3.8, 4) is 0 Å². The maximum atomic E-state index is 5.87. The van der Waals surface area contributed by atoms with E-state index in [1.165, 1.54) is 25.7 Å². The summed E-state index contributed by atoms with van der Waals surface area (Å²) in [7, 11) is 1.78. The lowest BCUT2D eigenvalue weighted by Crippen LogP contribution is -2.35. The van der Waals surface area contributed by atoms with E-state index in [1.54, 1.807) is 7.11 Å². The molecule has 21 heavy (non-hydrogen) atoms. The second-order valence-electron chi connectivity index (χ2n) is 7.25. The molecule has 3 heterocycles. The Balaban J connectivity index is 1.58. The summed E-state index contributed by atoms with van der Waals surface area (Å²) in [6.07, 6.45) is 8.11. The van der Waals surface area contributed by atoms with E-state index in [1.807, 2.05) is 0 Å². The normalized spacial score (nSPS) is 42.6. The quantitative estimate of drug-likeness (QED) is 0.928. The Morgan fingerprint density at radius 1 is 1.33 bits per heavy atom. The highest BCUT2D eigenvalue weighted by Crippen LogP contribution is 2.43. The van der Waals surface area contributed by atoms with Crippen molar-refractivity contribution in [2.24, 2.45) is 5.92 Å². The Morgan fingerprint density at radius 2 is 2.24 bits per heavy atom. The van der Waals surface area contributed by atoms with Crippen LogP contribution in [0, 0.1) is 5.92 Å². The smallest absolute Gasteiger partial charge is 0.231 e. The van der Waals surface area contributed by atoms with Crippen LogP contribution in [0.5, 0.6) is 0 Å². The first-order chi connectivity index (χ1) is 10.2. The molecule has 1 aliphatic carbocycles. The van der Waals surface area contributed by atoms with E-state index in [-0.39, 0.29) is 5.60 Å². The molecule has 116 valence electrons. The molecule has 0 spiro atoms. The fraction of sp³-hybridized carbons (Fsp3) is 0.875. The first kappa shape index (κ1) is 13.7. The molecule has 1 saturated carbocycles. The number of methoxy groups -OCH3 is 1. The van der Waals surface area contributed by atoms with Crippen LogP contribution in [-0.2, 0) is 10.3 Å². The van der Waals surface area contributed by atoms with Gasteiger partial charge in [0.1, 0.15) is 5.60 Å². The standard InChI is InChI=1S/C16H25N3O2/c1-10-4-3-7-16(9-10,20-2)15-18-14(21-19-15)12-8-11-5-6-13(12)17-11/h10-13,17H,3-9H2,1-2H3. The van der Waals surface area contributed by atoms with E-state index < -0.39 is 0 Å². The molecular formula is C16H25N3O2. The number of fused-ring (bicyclic) bond motifs is 2. The van der Waals surface area contributed by atoms with Crippen molar-refractivity contribution in [1.82, 2.24) is 15.5 Å². The molecule has 0 radical (unpaired) electrons. The second kappa shape index (κ2) is 5.06. The molecule has 1 aromatic rings. The summed E-state index contributed by atoms with van der Waals surface area (Å²) in [6, 6.07) is 1.19. The summed E-state index contributed by atoms with van der Waals surface area (Å²) in [5.74, 6) is 2.65. The van der Waals surface area contributed by atoms with Crippen LogP contribution in [0.15, 0.2) is 4.52 Å². The van der Waals surface area contributed by atoms with Gasteiger partial charge in [-0.25, -0.2) is 0 Å². The van der Waals surface area contributed by atoms with Gasteiger partial charge in [0.15, 0.2) is 0 Å². The minimum Gasteiger partial charge on any atom is -0.370 e. The second-order valence-corrected chi connectivity index (χ2v) is 7.25. The minimum atomic E-state index is -0.329. The van der Waals surface area contributed by atoms with Gasteiger partial charge in [0.2, 0.25) is 11.7 Å². The number of nitrogens with zero attached hydrogens (tertiary/aromatic N) is 2. The van der Waals surface area contributed by atoms with Crippen LogP contribution in [0.3, 0.4) is 0 Å². The van der Waals surface area contributed by atoms with Crippen LogP contribution in [0.4, 0.5) is 0 Å². The summed E-state index contributed by atoms with van der Waals surface area (Å²) in [5, 5.41) is 7.94. The van der Waals surface area contributed by atoms with Gasteiger partial charge >= 0.3 is 0 Å². The Hall–Kier alpha value is -0.940. The van der Waals surface area contributed by atoms with Crippen LogP contribution in [0.1, 0.15) is 69.5 Å². The maximum Gasteiger partial charge on any atom is 0.231 e. The Bertz CT molecular complexity index is 517.